The van der Waals surface area contributed by atoms with Gasteiger partial charge in [0.1, 0.15) is 5.82 Å². The maximum Gasteiger partial charge on any atom is 0.337 e. The molecule has 0 spiro atoms. The molecule has 2 aromatic rings. The minimum absolute atomic E-state index is 0.00327. The molecule has 0 aliphatic carbocycles. The second-order valence-electron chi connectivity index (χ2n) is 5.95. The summed E-state index contributed by atoms with van der Waals surface area (Å²) in [5, 5.41) is 11.7. The van der Waals surface area contributed by atoms with Gasteiger partial charge in [0, 0.05) is 19.2 Å². The van der Waals surface area contributed by atoms with Crippen molar-refractivity contribution in [1.82, 2.24) is 9.88 Å². The number of aromatic carboxylic acids is 1. The molecule has 4 N–H and O–H groups in total. The number of carboxylic acids is 1. The average Bonchev–Trinajstić information content (AvgIpc) is 2.90. The van der Waals surface area contributed by atoms with Crippen LogP contribution in [0, 0.1) is 0 Å². The third kappa shape index (κ3) is 2.82. The molecule has 1 aliphatic rings. The van der Waals surface area contributed by atoms with E-state index in [2.05, 4.69) is 5.32 Å². The Labute approximate surface area is 154 Å². The fourth-order valence-corrected chi connectivity index (χ4v) is 3.22. The van der Waals surface area contributed by atoms with Gasteiger partial charge in [-0.3, -0.25) is 24.3 Å². The van der Waals surface area contributed by atoms with Gasteiger partial charge in [-0.2, -0.15) is 0 Å². The van der Waals surface area contributed by atoms with E-state index in [1.165, 1.54) is 6.07 Å². The molecule has 1 aromatic heterocycles. The van der Waals surface area contributed by atoms with Crippen LogP contribution in [0.5, 0.6) is 0 Å². The van der Waals surface area contributed by atoms with Crippen molar-refractivity contribution in [1.29, 1.82) is 0 Å². The summed E-state index contributed by atoms with van der Waals surface area (Å²) in [5.41, 5.74) is 5.88. The smallest absolute Gasteiger partial charge is 0.337 e. The van der Waals surface area contributed by atoms with Crippen LogP contribution in [-0.4, -0.2) is 40.5 Å². The third-order valence-electron chi connectivity index (χ3n) is 4.53. The molecule has 1 aliphatic heterocycles. The molecule has 3 rings (SSSR count). The number of nitrogens with one attached hydrogen (secondary N) is 1. The third-order valence-corrected chi connectivity index (χ3v) is 4.53. The Bertz CT molecular complexity index is 1040. The van der Waals surface area contributed by atoms with Crippen molar-refractivity contribution in [2.24, 2.45) is 0 Å². The van der Waals surface area contributed by atoms with E-state index in [0.717, 1.165) is 10.6 Å². The van der Waals surface area contributed by atoms with Gasteiger partial charge in [0.15, 0.2) is 0 Å². The number of pyridine rings is 1. The van der Waals surface area contributed by atoms with Crippen LogP contribution >= 0.6 is 0 Å². The van der Waals surface area contributed by atoms with Gasteiger partial charge >= 0.3 is 5.97 Å². The number of imide groups is 1. The highest BCUT2D eigenvalue weighted by molar-refractivity contribution is 6.23. The van der Waals surface area contributed by atoms with E-state index in [0.29, 0.717) is 18.8 Å². The van der Waals surface area contributed by atoms with Gasteiger partial charge in [0.05, 0.1) is 28.1 Å². The Hall–Kier alpha value is -3.62. The standard InChI is InChI=1S/C18H18N4O5/c1-3-21(4-2)12-6-5-9(7-10(12)18(26)27)22-13(23)8-11-14(15(22)19)17(25)20-16(11)24/h5-8H,3-4,19H2,1-2H3,(H,26,27)(H,20,24,25). The summed E-state index contributed by atoms with van der Waals surface area (Å²) in [6.07, 6.45) is 0. The van der Waals surface area contributed by atoms with Gasteiger partial charge in [0.25, 0.3) is 17.4 Å². The molecule has 0 atom stereocenters. The molecular weight excluding hydrogens is 352 g/mol. The first-order valence-corrected chi connectivity index (χ1v) is 8.34. The van der Waals surface area contributed by atoms with Gasteiger partial charge in [-0.1, -0.05) is 0 Å². The summed E-state index contributed by atoms with van der Waals surface area (Å²) in [7, 11) is 0. The highest BCUT2D eigenvalue weighted by atomic mass is 16.4. The van der Waals surface area contributed by atoms with E-state index in [1.54, 1.807) is 12.1 Å². The number of nitrogens with two attached hydrogens (primary N) is 1. The van der Waals surface area contributed by atoms with Gasteiger partial charge in [-0.25, -0.2) is 4.79 Å². The Kier molecular flexibility index (Phi) is 4.44. The number of nitrogen functional groups attached to an aromatic ring is 1. The molecule has 1 aromatic carbocycles. The number of hydrogen-bond acceptors (Lipinski definition) is 6. The number of benzene rings is 1. The van der Waals surface area contributed by atoms with Crippen molar-refractivity contribution < 1.29 is 19.5 Å². The van der Waals surface area contributed by atoms with Crippen LogP contribution in [0.2, 0.25) is 0 Å². The number of aromatic nitrogens is 1. The molecule has 0 saturated heterocycles. The van der Waals surface area contributed by atoms with Crippen molar-refractivity contribution in [2.75, 3.05) is 23.7 Å². The summed E-state index contributed by atoms with van der Waals surface area (Å²) >= 11 is 0. The van der Waals surface area contributed by atoms with Crippen LogP contribution in [0.4, 0.5) is 11.5 Å². The molecule has 0 fully saturated rings. The SMILES string of the molecule is CCN(CC)c1ccc(-n2c(N)c3c(cc2=O)C(=O)NC3=O)cc1C(=O)O. The van der Waals surface area contributed by atoms with Crippen LogP contribution in [-0.2, 0) is 0 Å². The first kappa shape index (κ1) is 18.2. The molecule has 9 nitrogen and oxygen atoms in total. The molecule has 27 heavy (non-hydrogen) atoms. The highest BCUT2D eigenvalue weighted by Gasteiger charge is 2.32. The van der Waals surface area contributed by atoms with Crippen LogP contribution < -0.4 is 21.5 Å². The second-order valence-corrected chi connectivity index (χ2v) is 5.95. The quantitative estimate of drug-likeness (QED) is 0.664. The predicted molar refractivity (Wildman–Crippen MR) is 98.8 cm³/mol. The summed E-state index contributed by atoms with van der Waals surface area (Å²) in [6.45, 7) is 5.03. The van der Waals surface area contributed by atoms with E-state index >= 15 is 0 Å². The van der Waals surface area contributed by atoms with Crippen molar-refractivity contribution in [3.05, 3.63) is 51.3 Å². The topological polar surface area (TPSA) is 135 Å². The van der Waals surface area contributed by atoms with Gasteiger partial charge in [-0.05, 0) is 32.0 Å². The lowest BCUT2D eigenvalue weighted by molar-refractivity contribution is 0.0696. The number of fused-ring (bicyclic) bond motifs is 1. The lowest BCUT2D eigenvalue weighted by atomic mass is 10.1. The highest BCUT2D eigenvalue weighted by Crippen LogP contribution is 2.27. The van der Waals surface area contributed by atoms with E-state index in [9.17, 15) is 24.3 Å². The van der Waals surface area contributed by atoms with Crippen molar-refractivity contribution in [3.63, 3.8) is 0 Å². The number of nitrogens with zero attached hydrogens (tertiary/aromatic N) is 2. The Morgan fingerprint density at radius 2 is 1.81 bits per heavy atom. The van der Waals surface area contributed by atoms with E-state index < -0.39 is 23.3 Å². The number of amides is 2. The van der Waals surface area contributed by atoms with Gasteiger partial charge in [-0.15, -0.1) is 0 Å². The minimum Gasteiger partial charge on any atom is -0.478 e. The molecule has 2 amide bonds. The maximum atomic E-state index is 12.5. The van der Waals surface area contributed by atoms with Crippen molar-refractivity contribution >= 4 is 29.3 Å². The zero-order valence-electron chi connectivity index (χ0n) is 14.8. The van der Waals surface area contributed by atoms with E-state index in [-0.39, 0.29) is 28.2 Å². The maximum absolute atomic E-state index is 12.5. The lowest BCUT2D eigenvalue weighted by Gasteiger charge is -2.23. The lowest BCUT2D eigenvalue weighted by Crippen LogP contribution is -2.26. The Morgan fingerprint density at radius 3 is 2.41 bits per heavy atom. The van der Waals surface area contributed by atoms with Crippen molar-refractivity contribution in [3.8, 4) is 5.69 Å². The normalized spacial score (nSPS) is 12.7. The van der Waals surface area contributed by atoms with Crippen molar-refractivity contribution in [2.45, 2.75) is 13.8 Å². The fraction of sp³-hybridized carbons (Fsp3) is 0.222. The number of carboxylic acid groups (broad SMARTS) is 1. The van der Waals surface area contributed by atoms with Crippen LogP contribution in [0.3, 0.4) is 0 Å². The first-order valence-electron chi connectivity index (χ1n) is 8.34. The summed E-state index contributed by atoms with van der Waals surface area (Å²) < 4.78 is 1.02. The average molecular weight is 370 g/mol. The van der Waals surface area contributed by atoms with Crippen LogP contribution in [0.1, 0.15) is 44.9 Å². The Balaban J connectivity index is 2.24. The monoisotopic (exact) mass is 370 g/mol. The molecule has 9 heteroatoms. The predicted octanol–water partition coefficient (Wildman–Crippen LogP) is 0.848. The number of rotatable bonds is 5. The largest absolute Gasteiger partial charge is 0.478 e. The number of carbonyl (C=O) groups excluding carboxylic acids is 2. The number of hydrogen-bond donors (Lipinski definition) is 3. The molecule has 0 bridgehead atoms. The molecule has 0 saturated carbocycles. The van der Waals surface area contributed by atoms with Gasteiger partial charge in [0.2, 0.25) is 0 Å². The minimum atomic E-state index is -1.15. The fourth-order valence-electron chi connectivity index (χ4n) is 3.22. The molecule has 0 radical (unpaired) electrons. The zero-order valence-corrected chi connectivity index (χ0v) is 14.8. The summed E-state index contributed by atoms with van der Waals surface area (Å²) in [6, 6.07) is 5.49. The van der Waals surface area contributed by atoms with Gasteiger partial charge < -0.3 is 15.7 Å². The molecule has 2 heterocycles. The molecule has 0 unspecified atom stereocenters. The van der Waals surface area contributed by atoms with Crippen LogP contribution in [0.25, 0.3) is 5.69 Å². The Morgan fingerprint density at radius 1 is 1.15 bits per heavy atom. The first-order chi connectivity index (χ1) is 12.8. The molecular formula is C18H18N4O5. The summed E-state index contributed by atoms with van der Waals surface area (Å²) in [5.74, 6) is -2.75. The number of carbonyl (C=O) groups is 3. The molecule has 140 valence electrons. The van der Waals surface area contributed by atoms with E-state index in [4.69, 9.17) is 5.73 Å². The van der Waals surface area contributed by atoms with Crippen LogP contribution in [0.15, 0.2) is 29.1 Å². The second kappa shape index (κ2) is 6.60. The zero-order chi connectivity index (χ0) is 19.9. The number of anilines is 2. The van der Waals surface area contributed by atoms with E-state index in [1.807, 2.05) is 18.7 Å². The summed E-state index contributed by atoms with van der Waals surface area (Å²) in [4.78, 5) is 49.8.